The molecule has 1 saturated heterocycles. The summed E-state index contributed by atoms with van der Waals surface area (Å²) in [4.78, 5) is 19.1. The highest BCUT2D eigenvalue weighted by atomic mass is 16.5. The molecule has 1 amide bonds. The Morgan fingerprint density at radius 1 is 1.35 bits per heavy atom. The van der Waals surface area contributed by atoms with Gasteiger partial charge in [0, 0.05) is 25.8 Å². The third kappa shape index (κ3) is 4.75. The molecule has 0 spiro atoms. The van der Waals surface area contributed by atoms with Crippen molar-refractivity contribution in [3.8, 4) is 5.75 Å². The van der Waals surface area contributed by atoms with Gasteiger partial charge in [0.2, 0.25) is 0 Å². The summed E-state index contributed by atoms with van der Waals surface area (Å²) < 4.78 is 5.23. The minimum Gasteiger partial charge on any atom is -0.497 e. The van der Waals surface area contributed by atoms with E-state index in [2.05, 4.69) is 22.1 Å². The summed E-state index contributed by atoms with van der Waals surface area (Å²) in [7, 11) is 1.66. The smallest absolute Gasteiger partial charge is 0.252 e. The molecule has 1 unspecified atom stereocenters. The van der Waals surface area contributed by atoms with Crippen LogP contribution in [0, 0.1) is 5.92 Å². The number of piperidine rings is 1. The topological polar surface area (TPSA) is 54.5 Å². The fourth-order valence-corrected chi connectivity index (χ4v) is 3.40. The van der Waals surface area contributed by atoms with Crippen LogP contribution in [0.4, 0.5) is 5.69 Å². The number of carbonyl (C=O) groups excluding carboxylic acids is 1. The lowest BCUT2D eigenvalue weighted by atomic mass is 10.00. The van der Waals surface area contributed by atoms with Crippen LogP contribution in [-0.4, -0.2) is 37.6 Å². The molecule has 2 heterocycles. The van der Waals surface area contributed by atoms with Gasteiger partial charge < -0.3 is 15.0 Å². The number of amides is 1. The highest BCUT2D eigenvalue weighted by Crippen LogP contribution is 2.22. The number of anilines is 1. The Hall–Kier alpha value is -2.56. The van der Waals surface area contributed by atoms with Crippen molar-refractivity contribution in [2.45, 2.75) is 26.2 Å². The standard InChI is InChI=1S/C21H27N3O2/c1-16-5-4-10-24(15-16)19-12-18(13-22-14-19)21(25)23-9-8-17-6-3-7-20(11-17)26-2/h3,6-7,11-14,16H,4-5,8-10,15H2,1-2H3,(H,23,25). The minimum atomic E-state index is -0.0766. The van der Waals surface area contributed by atoms with Crippen LogP contribution in [0.15, 0.2) is 42.7 Å². The van der Waals surface area contributed by atoms with Gasteiger partial charge in [-0.2, -0.15) is 0 Å². The van der Waals surface area contributed by atoms with Crippen molar-refractivity contribution in [1.82, 2.24) is 10.3 Å². The normalized spacial score (nSPS) is 17.0. The Labute approximate surface area is 155 Å². The number of ether oxygens (including phenoxy) is 1. The summed E-state index contributed by atoms with van der Waals surface area (Å²) in [6.45, 7) is 4.92. The second-order valence-corrected chi connectivity index (χ2v) is 6.98. The zero-order valence-electron chi connectivity index (χ0n) is 15.6. The van der Waals surface area contributed by atoms with Crippen LogP contribution in [0.25, 0.3) is 0 Å². The van der Waals surface area contributed by atoms with Crippen LogP contribution >= 0.6 is 0 Å². The minimum absolute atomic E-state index is 0.0766. The van der Waals surface area contributed by atoms with Crippen molar-refractivity contribution in [3.63, 3.8) is 0 Å². The predicted molar refractivity (Wildman–Crippen MR) is 104 cm³/mol. The third-order valence-electron chi connectivity index (χ3n) is 4.84. The van der Waals surface area contributed by atoms with Crippen molar-refractivity contribution in [2.75, 3.05) is 31.6 Å². The van der Waals surface area contributed by atoms with Crippen molar-refractivity contribution in [3.05, 3.63) is 53.9 Å². The molecule has 0 bridgehead atoms. The lowest BCUT2D eigenvalue weighted by Crippen LogP contribution is -2.34. The van der Waals surface area contributed by atoms with Gasteiger partial charge in [-0.25, -0.2) is 0 Å². The summed E-state index contributed by atoms with van der Waals surface area (Å²) in [5, 5.41) is 2.99. The first-order chi connectivity index (χ1) is 12.7. The number of nitrogens with one attached hydrogen (secondary N) is 1. The molecule has 1 aromatic heterocycles. The maximum Gasteiger partial charge on any atom is 0.252 e. The molecule has 0 aliphatic carbocycles. The molecule has 26 heavy (non-hydrogen) atoms. The number of aromatic nitrogens is 1. The molecule has 2 aromatic rings. The van der Waals surface area contributed by atoms with Crippen LogP contribution in [0.2, 0.25) is 0 Å². The van der Waals surface area contributed by atoms with E-state index in [0.29, 0.717) is 18.0 Å². The van der Waals surface area contributed by atoms with E-state index in [4.69, 9.17) is 4.74 Å². The Kier molecular flexibility index (Phi) is 6.10. The molecular weight excluding hydrogens is 326 g/mol. The summed E-state index contributed by atoms with van der Waals surface area (Å²) in [5.41, 5.74) is 2.79. The van der Waals surface area contributed by atoms with Crippen LogP contribution < -0.4 is 15.0 Å². The predicted octanol–water partition coefficient (Wildman–Crippen LogP) is 3.30. The monoisotopic (exact) mass is 353 g/mol. The fourth-order valence-electron chi connectivity index (χ4n) is 3.40. The van der Waals surface area contributed by atoms with E-state index in [1.807, 2.05) is 36.5 Å². The van der Waals surface area contributed by atoms with E-state index in [0.717, 1.165) is 36.5 Å². The lowest BCUT2D eigenvalue weighted by Gasteiger charge is -2.32. The lowest BCUT2D eigenvalue weighted by molar-refractivity contribution is 0.0954. The van der Waals surface area contributed by atoms with E-state index in [1.165, 1.54) is 12.8 Å². The average molecular weight is 353 g/mol. The van der Waals surface area contributed by atoms with Crippen molar-refractivity contribution < 1.29 is 9.53 Å². The Balaban J connectivity index is 1.56. The molecule has 1 atom stereocenters. The highest BCUT2D eigenvalue weighted by molar-refractivity contribution is 5.94. The number of hydrogen-bond donors (Lipinski definition) is 1. The summed E-state index contributed by atoms with van der Waals surface area (Å²) in [6.07, 6.45) is 6.72. The van der Waals surface area contributed by atoms with E-state index < -0.39 is 0 Å². The first-order valence-corrected chi connectivity index (χ1v) is 9.27. The number of hydrogen-bond acceptors (Lipinski definition) is 4. The zero-order valence-corrected chi connectivity index (χ0v) is 15.6. The average Bonchev–Trinajstić information content (AvgIpc) is 2.68. The van der Waals surface area contributed by atoms with E-state index in [1.54, 1.807) is 13.3 Å². The number of pyridine rings is 1. The molecule has 1 fully saturated rings. The second kappa shape index (κ2) is 8.70. The van der Waals surface area contributed by atoms with Gasteiger partial charge in [-0.15, -0.1) is 0 Å². The summed E-state index contributed by atoms with van der Waals surface area (Å²) >= 11 is 0. The van der Waals surface area contributed by atoms with Gasteiger partial charge >= 0.3 is 0 Å². The molecule has 1 aromatic carbocycles. The van der Waals surface area contributed by atoms with Crippen molar-refractivity contribution in [2.24, 2.45) is 5.92 Å². The first kappa shape index (κ1) is 18.2. The Morgan fingerprint density at radius 2 is 2.23 bits per heavy atom. The van der Waals surface area contributed by atoms with Crippen LogP contribution in [0.3, 0.4) is 0 Å². The fraction of sp³-hybridized carbons (Fsp3) is 0.429. The van der Waals surface area contributed by atoms with Crippen LogP contribution in [0.5, 0.6) is 5.75 Å². The van der Waals surface area contributed by atoms with Gasteiger partial charge in [0.25, 0.3) is 5.91 Å². The SMILES string of the molecule is COc1cccc(CCNC(=O)c2cncc(N3CCCC(C)C3)c2)c1. The highest BCUT2D eigenvalue weighted by Gasteiger charge is 2.18. The molecule has 1 N–H and O–H groups in total. The Bertz CT molecular complexity index is 748. The Morgan fingerprint density at radius 3 is 3.04 bits per heavy atom. The molecular formula is C21H27N3O2. The van der Waals surface area contributed by atoms with Crippen molar-refractivity contribution in [1.29, 1.82) is 0 Å². The molecule has 5 heteroatoms. The van der Waals surface area contributed by atoms with Crippen LogP contribution in [0.1, 0.15) is 35.7 Å². The van der Waals surface area contributed by atoms with Crippen molar-refractivity contribution >= 4 is 11.6 Å². The zero-order chi connectivity index (χ0) is 18.4. The van der Waals surface area contributed by atoms with E-state index >= 15 is 0 Å². The molecule has 3 rings (SSSR count). The molecule has 0 radical (unpaired) electrons. The summed E-state index contributed by atoms with van der Waals surface area (Å²) in [5.74, 6) is 1.44. The molecule has 1 aliphatic heterocycles. The number of methoxy groups -OCH3 is 1. The van der Waals surface area contributed by atoms with Gasteiger partial charge in [-0.05, 0) is 48.9 Å². The number of carbonyl (C=O) groups is 1. The van der Waals surface area contributed by atoms with Gasteiger partial charge in [-0.3, -0.25) is 9.78 Å². The number of benzene rings is 1. The maximum absolute atomic E-state index is 12.5. The van der Waals surface area contributed by atoms with Gasteiger partial charge in [-0.1, -0.05) is 19.1 Å². The first-order valence-electron chi connectivity index (χ1n) is 9.27. The number of nitrogens with zero attached hydrogens (tertiary/aromatic N) is 2. The second-order valence-electron chi connectivity index (χ2n) is 6.98. The van der Waals surface area contributed by atoms with E-state index in [-0.39, 0.29) is 5.91 Å². The molecule has 0 saturated carbocycles. The third-order valence-corrected chi connectivity index (χ3v) is 4.84. The molecule has 138 valence electrons. The van der Waals surface area contributed by atoms with Gasteiger partial charge in [0.05, 0.1) is 24.6 Å². The maximum atomic E-state index is 12.5. The van der Waals surface area contributed by atoms with Crippen LogP contribution in [-0.2, 0) is 6.42 Å². The van der Waals surface area contributed by atoms with Gasteiger partial charge in [0.15, 0.2) is 0 Å². The summed E-state index contributed by atoms with van der Waals surface area (Å²) in [6, 6.07) is 9.86. The van der Waals surface area contributed by atoms with E-state index in [9.17, 15) is 4.79 Å². The van der Waals surface area contributed by atoms with Gasteiger partial charge in [0.1, 0.15) is 5.75 Å². The molecule has 1 aliphatic rings. The number of rotatable bonds is 6. The quantitative estimate of drug-likeness (QED) is 0.866. The largest absolute Gasteiger partial charge is 0.497 e. The molecule has 5 nitrogen and oxygen atoms in total.